The molecule has 1 saturated heterocycles. The molecule has 3 heterocycles. The molecule has 0 spiro atoms. The Morgan fingerprint density at radius 2 is 1.94 bits per heavy atom. The number of nitrogens with two attached hydrogens (primary N) is 1. The van der Waals surface area contributed by atoms with Gasteiger partial charge in [-0.05, 0) is 35.7 Å². The normalized spacial score (nSPS) is 15.5. The number of rotatable bonds is 7. The second-order valence-electron chi connectivity index (χ2n) is 7.46. The monoisotopic (exact) mass is 474 g/mol. The van der Waals surface area contributed by atoms with Gasteiger partial charge in [0.05, 0.1) is 19.0 Å². The number of benzene rings is 1. The van der Waals surface area contributed by atoms with Gasteiger partial charge in [0.15, 0.2) is 0 Å². The summed E-state index contributed by atoms with van der Waals surface area (Å²) in [4.78, 5) is 33.5. The minimum atomic E-state index is -0.640. The van der Waals surface area contributed by atoms with Crippen LogP contribution in [0, 0.1) is 0 Å². The third-order valence-corrected chi connectivity index (χ3v) is 6.47. The summed E-state index contributed by atoms with van der Waals surface area (Å²) in [5.74, 6) is 1.03. The number of nitrogens with one attached hydrogen (secondary N) is 1. The fourth-order valence-electron chi connectivity index (χ4n) is 3.57. The van der Waals surface area contributed by atoms with Crippen molar-refractivity contribution < 1.29 is 14.1 Å². The van der Waals surface area contributed by atoms with E-state index in [1.54, 1.807) is 12.1 Å². The van der Waals surface area contributed by atoms with Gasteiger partial charge in [0.1, 0.15) is 0 Å². The number of carbonyl (C=O) groups excluding carboxylic acids is 2. The first kappa shape index (κ1) is 22.3. The molecule has 0 aliphatic carbocycles. The number of hydrogen-bond donors (Lipinski definition) is 2. The number of carbonyl (C=O) groups is 2. The number of primary amides is 1. The molecule has 2 aromatic heterocycles. The smallest absolute Gasteiger partial charge is 0.312 e. The van der Waals surface area contributed by atoms with Crippen LogP contribution < -0.4 is 11.1 Å². The van der Waals surface area contributed by atoms with Gasteiger partial charge in [0.25, 0.3) is 0 Å². The molecule has 3 N–H and O–H groups in total. The van der Waals surface area contributed by atoms with E-state index in [4.69, 9.17) is 21.9 Å². The maximum Gasteiger partial charge on any atom is 0.312 e. The number of hydrogen-bond acceptors (Lipinski definition) is 7. The predicted octanol–water partition coefficient (Wildman–Crippen LogP) is 2.90. The Bertz CT molecular complexity index is 1050. The highest BCUT2D eigenvalue weighted by Gasteiger charge is 2.26. The Hall–Kier alpha value is -2.95. The van der Waals surface area contributed by atoms with Gasteiger partial charge < -0.3 is 20.5 Å². The summed E-state index contributed by atoms with van der Waals surface area (Å²) in [5, 5.41) is 9.27. The van der Waals surface area contributed by atoms with E-state index in [1.165, 1.54) is 11.3 Å². The second-order valence-corrected chi connectivity index (χ2v) is 8.87. The van der Waals surface area contributed by atoms with Crippen molar-refractivity contribution in [2.45, 2.75) is 19.0 Å². The molecule has 168 valence electrons. The summed E-state index contributed by atoms with van der Waals surface area (Å²) in [7, 11) is 0. The number of aromatic nitrogens is 2. The molecule has 0 saturated carbocycles. The van der Waals surface area contributed by atoms with E-state index in [2.05, 4.69) is 20.4 Å². The molecule has 0 radical (unpaired) electrons. The third-order valence-electron chi connectivity index (χ3n) is 5.24. The maximum absolute atomic E-state index is 12.8. The number of urea groups is 1. The highest BCUT2D eigenvalue weighted by molar-refractivity contribution is 7.10. The first-order valence-corrected chi connectivity index (χ1v) is 11.4. The highest BCUT2D eigenvalue weighted by Crippen LogP contribution is 2.23. The van der Waals surface area contributed by atoms with Crippen LogP contribution in [0.3, 0.4) is 0 Å². The number of nitrogens with zero attached hydrogens (tertiary/aromatic N) is 4. The summed E-state index contributed by atoms with van der Waals surface area (Å²) in [6.45, 7) is 3.08. The fraction of sp³-hybridized carbons (Fsp3) is 0.333. The van der Waals surface area contributed by atoms with Crippen molar-refractivity contribution in [3.8, 4) is 11.4 Å². The van der Waals surface area contributed by atoms with Crippen LogP contribution in [0.2, 0.25) is 5.02 Å². The van der Waals surface area contributed by atoms with Crippen LogP contribution in [0.4, 0.5) is 4.79 Å². The molecule has 1 unspecified atom stereocenters. The Kier molecular flexibility index (Phi) is 7.03. The minimum absolute atomic E-state index is 0.0142. The molecule has 11 heteroatoms. The van der Waals surface area contributed by atoms with Crippen LogP contribution >= 0.6 is 22.9 Å². The fourth-order valence-corrected chi connectivity index (χ4v) is 4.47. The molecule has 3 amide bonds. The molecule has 0 bridgehead atoms. The van der Waals surface area contributed by atoms with Crippen LogP contribution in [0.1, 0.15) is 23.2 Å². The molecular weight excluding hydrogens is 452 g/mol. The quantitative estimate of drug-likeness (QED) is 0.543. The van der Waals surface area contributed by atoms with Gasteiger partial charge in [-0.15, -0.1) is 11.3 Å². The van der Waals surface area contributed by atoms with Crippen molar-refractivity contribution in [1.29, 1.82) is 0 Å². The van der Waals surface area contributed by atoms with E-state index in [0.717, 1.165) is 10.4 Å². The van der Waals surface area contributed by atoms with Crippen molar-refractivity contribution in [1.82, 2.24) is 25.3 Å². The summed E-state index contributed by atoms with van der Waals surface area (Å²) < 4.78 is 5.39. The molecule has 3 aromatic rings. The molecule has 1 aliphatic rings. The van der Waals surface area contributed by atoms with E-state index in [-0.39, 0.29) is 12.3 Å². The SMILES string of the molecule is NC(=O)NC(CC(=O)N1CCN(Cc2nc(-c3ccc(Cl)cc3)no2)CC1)c1cccs1. The lowest BCUT2D eigenvalue weighted by Crippen LogP contribution is -2.49. The van der Waals surface area contributed by atoms with Gasteiger partial charge in [-0.2, -0.15) is 4.98 Å². The van der Waals surface area contributed by atoms with E-state index in [1.807, 2.05) is 34.5 Å². The Morgan fingerprint density at radius 1 is 1.19 bits per heavy atom. The number of amides is 3. The van der Waals surface area contributed by atoms with E-state index in [0.29, 0.717) is 49.5 Å². The zero-order valence-electron chi connectivity index (χ0n) is 17.2. The first-order chi connectivity index (χ1) is 15.5. The summed E-state index contributed by atoms with van der Waals surface area (Å²) in [5.41, 5.74) is 6.13. The average molecular weight is 475 g/mol. The molecule has 1 atom stereocenters. The van der Waals surface area contributed by atoms with Gasteiger partial charge >= 0.3 is 6.03 Å². The Labute approximate surface area is 194 Å². The van der Waals surface area contributed by atoms with Crippen molar-refractivity contribution >= 4 is 34.9 Å². The van der Waals surface area contributed by atoms with E-state index >= 15 is 0 Å². The van der Waals surface area contributed by atoms with Crippen LogP contribution in [-0.2, 0) is 11.3 Å². The van der Waals surface area contributed by atoms with E-state index < -0.39 is 12.1 Å². The molecule has 1 fully saturated rings. The van der Waals surface area contributed by atoms with Gasteiger partial charge in [-0.3, -0.25) is 9.69 Å². The molecule has 1 aliphatic heterocycles. The van der Waals surface area contributed by atoms with Crippen molar-refractivity contribution in [3.63, 3.8) is 0 Å². The van der Waals surface area contributed by atoms with Crippen molar-refractivity contribution in [3.05, 3.63) is 57.6 Å². The third kappa shape index (κ3) is 5.64. The van der Waals surface area contributed by atoms with Gasteiger partial charge in [-0.25, -0.2) is 4.79 Å². The zero-order chi connectivity index (χ0) is 22.5. The summed E-state index contributed by atoms with van der Waals surface area (Å²) in [6.07, 6.45) is 0.178. The summed E-state index contributed by atoms with van der Waals surface area (Å²) >= 11 is 7.41. The molecule has 32 heavy (non-hydrogen) atoms. The second kappa shape index (κ2) is 10.1. The largest absolute Gasteiger partial charge is 0.352 e. The molecule has 1 aromatic carbocycles. The predicted molar refractivity (Wildman–Crippen MR) is 121 cm³/mol. The van der Waals surface area contributed by atoms with E-state index in [9.17, 15) is 9.59 Å². The lowest BCUT2D eigenvalue weighted by atomic mass is 10.1. The molecular formula is C21H23ClN6O3S. The Balaban J connectivity index is 1.29. The van der Waals surface area contributed by atoms with Crippen LogP contribution in [-0.4, -0.2) is 58.1 Å². The van der Waals surface area contributed by atoms with Crippen LogP contribution in [0.25, 0.3) is 11.4 Å². The maximum atomic E-state index is 12.8. The molecule has 9 nitrogen and oxygen atoms in total. The standard InChI is InChI=1S/C21H23ClN6O3S/c22-15-5-3-14(4-6-15)20-25-18(31-26-20)13-27-7-9-28(10-8-27)19(29)12-16(24-21(23)30)17-2-1-11-32-17/h1-6,11,16H,7-10,12-13H2,(H3,23,24,30). The molecule has 4 rings (SSSR count). The minimum Gasteiger partial charge on any atom is -0.352 e. The van der Waals surface area contributed by atoms with Gasteiger partial charge in [0, 0.05) is 41.6 Å². The van der Waals surface area contributed by atoms with Gasteiger partial charge in [-0.1, -0.05) is 22.8 Å². The van der Waals surface area contributed by atoms with Crippen LogP contribution in [0.15, 0.2) is 46.3 Å². The van der Waals surface area contributed by atoms with Crippen LogP contribution in [0.5, 0.6) is 0 Å². The first-order valence-electron chi connectivity index (χ1n) is 10.2. The summed E-state index contributed by atoms with van der Waals surface area (Å²) in [6, 6.07) is 9.97. The highest BCUT2D eigenvalue weighted by atomic mass is 35.5. The Morgan fingerprint density at radius 3 is 2.59 bits per heavy atom. The topological polar surface area (TPSA) is 118 Å². The number of piperazine rings is 1. The number of thiophene rings is 1. The van der Waals surface area contributed by atoms with Crippen molar-refractivity contribution in [2.24, 2.45) is 5.73 Å². The zero-order valence-corrected chi connectivity index (χ0v) is 18.8. The lowest BCUT2D eigenvalue weighted by Gasteiger charge is -2.34. The number of halogens is 1. The lowest BCUT2D eigenvalue weighted by molar-refractivity contribution is -0.133. The van der Waals surface area contributed by atoms with Gasteiger partial charge in [0.2, 0.25) is 17.6 Å². The van der Waals surface area contributed by atoms with Crippen molar-refractivity contribution in [2.75, 3.05) is 26.2 Å². The average Bonchev–Trinajstić information content (AvgIpc) is 3.46.